The van der Waals surface area contributed by atoms with Crippen LogP contribution in [0, 0.1) is 0 Å². The molecule has 0 saturated heterocycles. The summed E-state index contributed by atoms with van der Waals surface area (Å²) in [6.45, 7) is 0. The Bertz CT molecular complexity index is 2830. The van der Waals surface area contributed by atoms with Crippen LogP contribution in [0.4, 0.5) is 0 Å². The van der Waals surface area contributed by atoms with Gasteiger partial charge in [-0.2, -0.15) is 0 Å². The quantitative estimate of drug-likeness (QED) is 0.182. The predicted octanol–water partition coefficient (Wildman–Crippen LogP) is 10.2. The third kappa shape index (κ3) is 5.20. The van der Waals surface area contributed by atoms with E-state index in [9.17, 15) is 0 Å². The van der Waals surface area contributed by atoms with Gasteiger partial charge in [0.15, 0.2) is 5.49 Å². The fourth-order valence-electron chi connectivity index (χ4n) is 7.53. The predicted molar refractivity (Wildman–Crippen MR) is 208 cm³/mol. The zero-order valence-electron chi connectivity index (χ0n) is 27.8. The first-order chi connectivity index (χ1) is 25.2. The van der Waals surface area contributed by atoms with Crippen LogP contribution in [-0.2, 0) is 0 Å². The average molecular weight is 653 g/mol. The van der Waals surface area contributed by atoms with Crippen molar-refractivity contribution in [3.05, 3.63) is 198 Å². The van der Waals surface area contributed by atoms with E-state index in [1.54, 1.807) is 0 Å². The molecule has 1 aliphatic heterocycles. The van der Waals surface area contributed by atoms with Gasteiger partial charge in [0.2, 0.25) is 0 Å². The van der Waals surface area contributed by atoms with Gasteiger partial charge in [0.05, 0.1) is 22.9 Å². The van der Waals surface area contributed by atoms with E-state index in [-0.39, 0.29) is 6.04 Å². The minimum atomic E-state index is -0.0788. The Morgan fingerprint density at radius 1 is 0.510 bits per heavy atom. The molecule has 1 atom stereocenters. The Balaban J connectivity index is 1.10. The van der Waals surface area contributed by atoms with Crippen molar-refractivity contribution >= 4 is 27.2 Å². The molecule has 240 valence electrons. The van der Waals surface area contributed by atoms with E-state index >= 15 is 0 Å². The van der Waals surface area contributed by atoms with E-state index in [0.29, 0.717) is 0 Å². The van der Waals surface area contributed by atoms with E-state index in [1.807, 2.05) is 18.2 Å². The third-order valence-corrected chi connectivity index (χ3v) is 10.1. The van der Waals surface area contributed by atoms with Crippen LogP contribution in [0.5, 0.6) is 0 Å². The maximum atomic E-state index is 5.44. The summed E-state index contributed by atoms with van der Waals surface area (Å²) in [5.74, 6) is 0.831. The molecule has 2 aliphatic rings. The molecule has 0 fully saturated rings. The van der Waals surface area contributed by atoms with Crippen LogP contribution in [0.2, 0.25) is 0 Å². The summed E-state index contributed by atoms with van der Waals surface area (Å²) in [5, 5.41) is 4.50. The topological polar surface area (TPSA) is 42.5 Å². The van der Waals surface area contributed by atoms with E-state index in [4.69, 9.17) is 15.0 Å². The molecule has 4 nitrogen and oxygen atoms in total. The highest BCUT2D eigenvalue weighted by Gasteiger charge is 2.25. The molecular formula is C47H32N4. The summed E-state index contributed by atoms with van der Waals surface area (Å²) >= 11 is 0. The standard InChI is InChI=1S/C47H32N4/c1-3-12-31(13-4-1)37-27-38(35-23-22-32-14-7-8-17-34(32)26-35)29-39(28-37)36-24-25-42-43(30-36)49-46-40-18-9-10-20-44(40)51(47(46)50-42)45-21-11-19-41(48-45)33-15-5-2-6-16-33/h1-29,43H,30H2. The van der Waals surface area contributed by atoms with Crippen LogP contribution in [0.1, 0.15) is 12.0 Å². The molecule has 6 aromatic carbocycles. The molecule has 1 aliphatic carbocycles. The smallest absolute Gasteiger partial charge is 0.165 e. The summed E-state index contributed by atoms with van der Waals surface area (Å²) in [4.78, 5) is 15.9. The van der Waals surface area contributed by atoms with E-state index in [2.05, 4.69) is 162 Å². The van der Waals surface area contributed by atoms with Crippen LogP contribution in [0.25, 0.3) is 66.6 Å². The second kappa shape index (κ2) is 12.0. The van der Waals surface area contributed by atoms with Gasteiger partial charge in [-0.25, -0.2) is 9.98 Å². The molecular weight excluding hydrogens is 621 g/mol. The Hall–Kier alpha value is -6.65. The number of rotatable bonds is 5. The average Bonchev–Trinajstić information content (AvgIpc) is 3.53. The summed E-state index contributed by atoms with van der Waals surface area (Å²) in [7, 11) is 0. The second-order valence-electron chi connectivity index (χ2n) is 13.2. The van der Waals surface area contributed by atoms with Gasteiger partial charge in [0, 0.05) is 17.4 Å². The van der Waals surface area contributed by atoms with Crippen LogP contribution in [0.3, 0.4) is 0 Å². The van der Waals surface area contributed by atoms with Gasteiger partial charge >= 0.3 is 0 Å². The number of nitrogens with zero attached hydrogens (tertiary/aromatic N) is 4. The number of hydrogen-bond donors (Lipinski definition) is 0. The zero-order valence-corrected chi connectivity index (χ0v) is 27.8. The van der Waals surface area contributed by atoms with Gasteiger partial charge in [0.25, 0.3) is 0 Å². The minimum Gasteiger partial charge on any atom is -0.276 e. The molecule has 0 saturated carbocycles. The maximum Gasteiger partial charge on any atom is 0.165 e. The number of benzene rings is 6. The van der Waals surface area contributed by atoms with Crippen LogP contribution in [0.15, 0.2) is 192 Å². The molecule has 3 heterocycles. The van der Waals surface area contributed by atoms with Gasteiger partial charge in [-0.05, 0) is 92.7 Å². The lowest BCUT2D eigenvalue weighted by Gasteiger charge is -2.22. The number of allylic oxidation sites excluding steroid dienone is 2. The van der Waals surface area contributed by atoms with E-state index in [0.717, 1.165) is 50.9 Å². The van der Waals surface area contributed by atoms with Crippen molar-refractivity contribution in [1.82, 2.24) is 9.55 Å². The van der Waals surface area contributed by atoms with Crippen molar-refractivity contribution in [3.63, 3.8) is 0 Å². The number of para-hydroxylation sites is 1. The molecule has 10 rings (SSSR count). The Morgan fingerprint density at radius 3 is 2.06 bits per heavy atom. The van der Waals surface area contributed by atoms with Crippen molar-refractivity contribution in [2.45, 2.75) is 12.5 Å². The van der Waals surface area contributed by atoms with Crippen LogP contribution >= 0.6 is 0 Å². The highest BCUT2D eigenvalue weighted by Crippen LogP contribution is 2.36. The summed E-state index contributed by atoms with van der Waals surface area (Å²) in [5.41, 5.74) is 12.1. The van der Waals surface area contributed by atoms with Crippen molar-refractivity contribution in [3.8, 4) is 39.3 Å². The summed E-state index contributed by atoms with van der Waals surface area (Å²) < 4.78 is 2.16. The first kappa shape index (κ1) is 29.3. The number of hydrogen-bond acceptors (Lipinski definition) is 3. The van der Waals surface area contributed by atoms with Crippen LogP contribution in [-0.4, -0.2) is 15.6 Å². The molecule has 4 heteroatoms. The first-order valence-corrected chi connectivity index (χ1v) is 17.4. The molecule has 1 unspecified atom stereocenters. The highest BCUT2D eigenvalue weighted by atomic mass is 15.1. The lowest BCUT2D eigenvalue weighted by Crippen LogP contribution is -2.36. The fourth-order valence-corrected chi connectivity index (χ4v) is 7.53. The second-order valence-corrected chi connectivity index (χ2v) is 13.2. The fraction of sp³-hybridized carbons (Fsp3) is 0.0426. The first-order valence-electron chi connectivity index (χ1n) is 17.4. The number of aromatic nitrogens is 2. The molecule has 0 spiro atoms. The van der Waals surface area contributed by atoms with Gasteiger partial charge in [-0.3, -0.25) is 9.56 Å². The minimum absolute atomic E-state index is 0.0788. The van der Waals surface area contributed by atoms with E-state index in [1.165, 1.54) is 44.2 Å². The Labute approximate surface area is 295 Å². The Kier molecular flexibility index (Phi) is 6.91. The monoisotopic (exact) mass is 652 g/mol. The van der Waals surface area contributed by atoms with Gasteiger partial charge < -0.3 is 0 Å². The summed E-state index contributed by atoms with van der Waals surface area (Å²) in [6, 6.07) is 57.8. The molecule has 2 aromatic heterocycles. The van der Waals surface area contributed by atoms with Crippen molar-refractivity contribution in [2.75, 3.05) is 0 Å². The van der Waals surface area contributed by atoms with E-state index < -0.39 is 0 Å². The highest BCUT2D eigenvalue weighted by molar-refractivity contribution is 5.89. The van der Waals surface area contributed by atoms with Gasteiger partial charge in [-0.15, -0.1) is 0 Å². The van der Waals surface area contributed by atoms with Crippen molar-refractivity contribution in [2.24, 2.45) is 9.98 Å². The Morgan fingerprint density at radius 2 is 1.22 bits per heavy atom. The third-order valence-electron chi connectivity index (χ3n) is 10.1. The molecule has 51 heavy (non-hydrogen) atoms. The van der Waals surface area contributed by atoms with Gasteiger partial charge in [-0.1, -0.05) is 127 Å². The number of pyridine rings is 1. The normalized spacial score (nSPS) is 14.9. The zero-order chi connectivity index (χ0) is 33.7. The largest absolute Gasteiger partial charge is 0.276 e. The molecule has 0 amide bonds. The lowest BCUT2D eigenvalue weighted by molar-refractivity contribution is 0.713. The number of fused-ring (bicyclic) bond motifs is 5. The molecule has 0 radical (unpaired) electrons. The molecule has 0 N–H and O–H groups in total. The lowest BCUT2D eigenvalue weighted by atomic mass is 9.88. The van der Waals surface area contributed by atoms with Crippen LogP contribution < -0.4 is 10.8 Å². The summed E-state index contributed by atoms with van der Waals surface area (Å²) in [6.07, 6.45) is 5.17. The maximum absolute atomic E-state index is 5.44. The van der Waals surface area contributed by atoms with Gasteiger partial charge in [0.1, 0.15) is 11.2 Å². The SMILES string of the molecule is C1=C(c2cc(-c3ccccc3)cc(-c3ccc4ccccc4c3)c2)CC2N=c3c(n(-c4cccc(-c5ccccc5)n4)c4ccccc34)=NC2=C1. The van der Waals surface area contributed by atoms with Crippen molar-refractivity contribution in [1.29, 1.82) is 0 Å². The molecule has 8 aromatic rings. The van der Waals surface area contributed by atoms with Crippen molar-refractivity contribution < 1.29 is 0 Å². The molecule has 0 bridgehead atoms.